The molecule has 1 amide bonds. The number of amides is 1. The quantitative estimate of drug-likeness (QED) is 0.814. The molecule has 4 rings (SSSR count). The van der Waals surface area contributed by atoms with Gasteiger partial charge < -0.3 is 14.6 Å². The number of nitrogens with one attached hydrogen (secondary N) is 1. The Hall–Kier alpha value is -1.66. The Labute approximate surface area is 154 Å². The Morgan fingerprint density at radius 3 is 2.73 bits per heavy atom. The predicted octanol–water partition coefficient (Wildman–Crippen LogP) is 1.58. The molecular formula is C20H29N3O3. The van der Waals surface area contributed by atoms with Gasteiger partial charge in [0.25, 0.3) is 11.5 Å². The van der Waals surface area contributed by atoms with Gasteiger partial charge in [0.2, 0.25) is 0 Å². The number of fused-ring (bicyclic) bond motifs is 1. The number of morpholine rings is 1. The van der Waals surface area contributed by atoms with Gasteiger partial charge in [-0.1, -0.05) is 6.42 Å². The predicted molar refractivity (Wildman–Crippen MR) is 99.6 cm³/mol. The van der Waals surface area contributed by atoms with E-state index in [-0.39, 0.29) is 17.5 Å². The van der Waals surface area contributed by atoms with Crippen LogP contribution < -0.4 is 5.56 Å². The highest BCUT2D eigenvalue weighted by atomic mass is 16.5. The SMILES string of the molecule is C[C@@H]1[C@H](N2CCOCC2)CCN1C(=O)c1cc2c([nH]c1=O)CCCCC2. The number of nitrogens with zero attached hydrogens (tertiary/aromatic N) is 2. The van der Waals surface area contributed by atoms with Crippen molar-refractivity contribution >= 4 is 5.91 Å². The van der Waals surface area contributed by atoms with Crippen LogP contribution in [-0.4, -0.2) is 65.6 Å². The minimum absolute atomic E-state index is 0.110. The number of rotatable bonds is 2. The number of hydrogen-bond donors (Lipinski definition) is 1. The number of carbonyl (C=O) groups is 1. The zero-order valence-corrected chi connectivity index (χ0v) is 15.6. The first kappa shape index (κ1) is 17.7. The summed E-state index contributed by atoms with van der Waals surface area (Å²) in [5.41, 5.74) is 2.28. The first-order valence-electron chi connectivity index (χ1n) is 10.0. The highest BCUT2D eigenvalue weighted by molar-refractivity contribution is 5.94. The van der Waals surface area contributed by atoms with Gasteiger partial charge >= 0.3 is 0 Å². The third-order valence-corrected chi connectivity index (χ3v) is 6.31. The fourth-order valence-electron chi connectivity index (χ4n) is 4.77. The molecule has 6 heteroatoms. The minimum Gasteiger partial charge on any atom is -0.379 e. The fourth-order valence-corrected chi connectivity index (χ4v) is 4.77. The summed E-state index contributed by atoms with van der Waals surface area (Å²) in [7, 11) is 0. The number of aromatic amines is 1. The molecule has 0 unspecified atom stereocenters. The van der Waals surface area contributed by atoms with Crippen molar-refractivity contribution in [2.75, 3.05) is 32.8 Å². The highest BCUT2D eigenvalue weighted by Crippen LogP contribution is 2.26. The molecule has 2 atom stereocenters. The second-order valence-corrected chi connectivity index (χ2v) is 7.82. The van der Waals surface area contributed by atoms with E-state index in [9.17, 15) is 9.59 Å². The summed E-state index contributed by atoms with van der Waals surface area (Å²) in [5, 5.41) is 0. The molecule has 0 radical (unpaired) electrons. The van der Waals surface area contributed by atoms with Crippen LogP contribution in [0.25, 0.3) is 0 Å². The average molecular weight is 359 g/mol. The molecule has 0 saturated carbocycles. The fraction of sp³-hybridized carbons (Fsp3) is 0.700. The summed E-state index contributed by atoms with van der Waals surface area (Å²) in [6, 6.07) is 2.36. The number of hydrogen-bond acceptors (Lipinski definition) is 4. The number of carbonyl (C=O) groups excluding carboxylic acids is 1. The summed E-state index contributed by atoms with van der Waals surface area (Å²) in [6.07, 6.45) is 6.27. The lowest BCUT2D eigenvalue weighted by atomic mass is 10.0. The topological polar surface area (TPSA) is 65.6 Å². The van der Waals surface area contributed by atoms with Crippen molar-refractivity contribution < 1.29 is 9.53 Å². The van der Waals surface area contributed by atoms with Crippen molar-refractivity contribution in [2.45, 2.75) is 57.5 Å². The van der Waals surface area contributed by atoms with E-state index in [2.05, 4.69) is 16.8 Å². The first-order chi connectivity index (χ1) is 12.6. The minimum atomic E-state index is -0.224. The van der Waals surface area contributed by atoms with E-state index in [1.165, 1.54) is 6.42 Å². The van der Waals surface area contributed by atoms with Crippen LogP contribution >= 0.6 is 0 Å². The lowest BCUT2D eigenvalue weighted by Crippen LogP contribution is -2.49. The summed E-state index contributed by atoms with van der Waals surface area (Å²) < 4.78 is 5.45. The molecule has 1 N–H and O–H groups in total. The number of aryl methyl sites for hydroxylation is 2. The van der Waals surface area contributed by atoms with Gasteiger partial charge in [0, 0.05) is 37.4 Å². The second kappa shape index (κ2) is 7.53. The Morgan fingerprint density at radius 1 is 1.15 bits per heavy atom. The molecule has 1 aromatic heterocycles. The molecule has 1 aromatic rings. The van der Waals surface area contributed by atoms with E-state index in [1.807, 2.05) is 11.0 Å². The molecule has 1 aliphatic carbocycles. The maximum atomic E-state index is 13.1. The summed E-state index contributed by atoms with van der Waals surface area (Å²) in [6.45, 7) is 6.22. The summed E-state index contributed by atoms with van der Waals surface area (Å²) >= 11 is 0. The third-order valence-electron chi connectivity index (χ3n) is 6.31. The molecular weight excluding hydrogens is 330 g/mol. The van der Waals surface area contributed by atoms with Gasteiger partial charge in [0.15, 0.2) is 0 Å². The molecule has 3 heterocycles. The number of ether oxygens (including phenoxy) is 1. The Kier molecular flexibility index (Phi) is 5.14. The van der Waals surface area contributed by atoms with E-state index < -0.39 is 0 Å². The second-order valence-electron chi connectivity index (χ2n) is 7.82. The van der Waals surface area contributed by atoms with Crippen molar-refractivity contribution in [1.29, 1.82) is 0 Å². The van der Waals surface area contributed by atoms with E-state index in [4.69, 9.17) is 4.74 Å². The van der Waals surface area contributed by atoms with Gasteiger partial charge in [-0.2, -0.15) is 0 Å². The van der Waals surface area contributed by atoms with Crippen molar-refractivity contribution in [1.82, 2.24) is 14.8 Å². The lowest BCUT2D eigenvalue weighted by Gasteiger charge is -2.35. The number of likely N-dealkylation sites (tertiary alicyclic amines) is 1. The van der Waals surface area contributed by atoms with Crippen molar-refractivity contribution in [3.63, 3.8) is 0 Å². The average Bonchev–Trinajstić information content (AvgIpc) is 2.89. The van der Waals surface area contributed by atoms with E-state index in [1.54, 1.807) is 0 Å². The molecule has 142 valence electrons. The molecule has 0 spiro atoms. The van der Waals surface area contributed by atoms with Crippen molar-refractivity contribution in [2.24, 2.45) is 0 Å². The summed E-state index contributed by atoms with van der Waals surface area (Å²) in [5.74, 6) is -0.110. The molecule has 0 aromatic carbocycles. The van der Waals surface area contributed by atoms with Gasteiger partial charge in [-0.3, -0.25) is 14.5 Å². The van der Waals surface area contributed by atoms with Crippen LogP contribution in [0, 0.1) is 0 Å². The largest absolute Gasteiger partial charge is 0.379 e. The molecule has 6 nitrogen and oxygen atoms in total. The third kappa shape index (κ3) is 3.32. The molecule has 2 aliphatic heterocycles. The first-order valence-corrected chi connectivity index (χ1v) is 10.0. The number of pyridine rings is 1. The lowest BCUT2D eigenvalue weighted by molar-refractivity contribution is 0.0104. The van der Waals surface area contributed by atoms with Gasteiger partial charge in [0.1, 0.15) is 5.56 Å². The Balaban J connectivity index is 1.54. The molecule has 2 fully saturated rings. The number of aromatic nitrogens is 1. The molecule has 3 aliphatic rings. The maximum absolute atomic E-state index is 13.1. The zero-order valence-electron chi connectivity index (χ0n) is 15.6. The van der Waals surface area contributed by atoms with Gasteiger partial charge in [0.05, 0.1) is 13.2 Å². The van der Waals surface area contributed by atoms with E-state index in [0.29, 0.717) is 11.6 Å². The van der Waals surface area contributed by atoms with Gasteiger partial charge in [-0.25, -0.2) is 0 Å². The van der Waals surface area contributed by atoms with Crippen LogP contribution in [0.5, 0.6) is 0 Å². The zero-order chi connectivity index (χ0) is 18.1. The standard InChI is InChI=1S/C20H29N3O3/c1-14-18(22-9-11-26-12-10-22)7-8-23(14)20(25)16-13-15-5-3-2-4-6-17(15)21-19(16)24/h13-14,18H,2-12H2,1H3,(H,21,24)/t14-,18-/m1/s1. The molecule has 2 saturated heterocycles. The molecule has 0 bridgehead atoms. The van der Waals surface area contributed by atoms with Crippen molar-refractivity contribution in [3.05, 3.63) is 33.2 Å². The highest BCUT2D eigenvalue weighted by Gasteiger charge is 2.38. The molecule has 26 heavy (non-hydrogen) atoms. The van der Waals surface area contributed by atoms with Crippen LogP contribution in [0.2, 0.25) is 0 Å². The van der Waals surface area contributed by atoms with Crippen molar-refractivity contribution in [3.8, 4) is 0 Å². The Morgan fingerprint density at radius 2 is 1.92 bits per heavy atom. The monoisotopic (exact) mass is 359 g/mol. The van der Waals surface area contributed by atoms with E-state index in [0.717, 1.165) is 76.2 Å². The number of H-pyrrole nitrogens is 1. The van der Waals surface area contributed by atoms with Crippen LogP contribution in [0.15, 0.2) is 10.9 Å². The van der Waals surface area contributed by atoms with Gasteiger partial charge in [-0.05, 0) is 50.7 Å². The maximum Gasteiger partial charge on any atom is 0.261 e. The van der Waals surface area contributed by atoms with Crippen LogP contribution in [0.3, 0.4) is 0 Å². The van der Waals surface area contributed by atoms with Crippen LogP contribution in [0.4, 0.5) is 0 Å². The normalized spacial score (nSPS) is 27.2. The van der Waals surface area contributed by atoms with Crippen LogP contribution in [-0.2, 0) is 17.6 Å². The van der Waals surface area contributed by atoms with Crippen LogP contribution in [0.1, 0.15) is 54.2 Å². The summed E-state index contributed by atoms with van der Waals surface area (Å²) in [4.78, 5) is 33.0. The smallest absolute Gasteiger partial charge is 0.261 e. The van der Waals surface area contributed by atoms with Gasteiger partial charge in [-0.15, -0.1) is 0 Å². The van der Waals surface area contributed by atoms with E-state index >= 15 is 0 Å². The Bertz CT molecular complexity index is 724.